The summed E-state index contributed by atoms with van der Waals surface area (Å²) in [5.74, 6) is 1.43. The Morgan fingerprint density at radius 1 is 1.71 bits per heavy atom. The lowest BCUT2D eigenvalue weighted by molar-refractivity contribution is 0.163. The lowest BCUT2D eigenvalue weighted by Gasteiger charge is -2.08. The van der Waals surface area contributed by atoms with E-state index in [1.165, 1.54) is 12.8 Å². The maximum absolute atomic E-state index is 9.86. The molecular formula is C10H17N3O. The number of nitrogens with zero attached hydrogens (tertiary/aromatic N) is 2. The Labute approximate surface area is 83.7 Å². The number of nitrogens with two attached hydrogens (primary N) is 1. The fourth-order valence-corrected chi connectivity index (χ4v) is 1.68. The second-order valence-electron chi connectivity index (χ2n) is 4.15. The fraction of sp³-hybridized carbons (Fsp3) is 0.700. The molecule has 0 aliphatic heterocycles. The van der Waals surface area contributed by atoms with E-state index in [0.29, 0.717) is 5.82 Å². The van der Waals surface area contributed by atoms with Crippen LogP contribution >= 0.6 is 0 Å². The van der Waals surface area contributed by atoms with Crippen LogP contribution in [0.4, 0.5) is 5.82 Å². The predicted molar refractivity (Wildman–Crippen MR) is 54.5 cm³/mol. The van der Waals surface area contributed by atoms with Crippen LogP contribution < -0.4 is 5.73 Å². The smallest absolute Gasteiger partial charge is 0.127 e. The molecule has 0 bridgehead atoms. The highest BCUT2D eigenvalue weighted by Crippen LogP contribution is 2.36. The predicted octanol–water partition coefficient (Wildman–Crippen LogP) is 1.23. The van der Waals surface area contributed by atoms with Gasteiger partial charge in [-0.25, -0.2) is 0 Å². The van der Waals surface area contributed by atoms with Gasteiger partial charge in [-0.2, -0.15) is 5.10 Å². The SMILES string of the molecule is Cn1ncc(C(O)CCC2CC2)c1N. The summed E-state index contributed by atoms with van der Waals surface area (Å²) in [6, 6.07) is 0. The molecule has 3 N–H and O–H groups in total. The van der Waals surface area contributed by atoms with Crippen LogP contribution in [-0.4, -0.2) is 14.9 Å². The van der Waals surface area contributed by atoms with Crippen molar-refractivity contribution in [2.45, 2.75) is 31.8 Å². The van der Waals surface area contributed by atoms with Crippen molar-refractivity contribution < 1.29 is 5.11 Å². The minimum Gasteiger partial charge on any atom is -0.388 e. The van der Waals surface area contributed by atoms with Crippen LogP contribution in [0.15, 0.2) is 6.20 Å². The van der Waals surface area contributed by atoms with Gasteiger partial charge >= 0.3 is 0 Å². The number of hydrogen-bond acceptors (Lipinski definition) is 3. The van der Waals surface area contributed by atoms with E-state index in [0.717, 1.165) is 24.3 Å². The number of rotatable bonds is 4. The van der Waals surface area contributed by atoms with Crippen molar-refractivity contribution in [3.05, 3.63) is 11.8 Å². The first-order valence-corrected chi connectivity index (χ1v) is 5.14. The molecule has 1 aromatic rings. The average molecular weight is 195 g/mol. The number of aliphatic hydroxyl groups excluding tert-OH is 1. The second kappa shape index (κ2) is 3.61. The van der Waals surface area contributed by atoms with Crippen molar-refractivity contribution in [2.75, 3.05) is 5.73 Å². The van der Waals surface area contributed by atoms with Gasteiger partial charge in [0.15, 0.2) is 0 Å². The zero-order valence-corrected chi connectivity index (χ0v) is 8.48. The number of aliphatic hydroxyl groups is 1. The third-order valence-corrected chi connectivity index (χ3v) is 2.92. The molecule has 1 aromatic heterocycles. The lowest BCUT2D eigenvalue weighted by atomic mass is 10.1. The number of aryl methyl sites for hydroxylation is 1. The Balaban J connectivity index is 1.95. The normalized spacial score (nSPS) is 18.4. The van der Waals surface area contributed by atoms with Gasteiger partial charge in [-0.1, -0.05) is 12.8 Å². The van der Waals surface area contributed by atoms with E-state index in [9.17, 15) is 5.11 Å². The van der Waals surface area contributed by atoms with E-state index < -0.39 is 6.10 Å². The number of nitrogen functional groups attached to an aromatic ring is 1. The summed E-state index contributed by atoms with van der Waals surface area (Å²) in [5, 5.41) is 13.9. The van der Waals surface area contributed by atoms with Gasteiger partial charge in [-0.3, -0.25) is 4.68 Å². The van der Waals surface area contributed by atoms with Crippen molar-refractivity contribution in [3.8, 4) is 0 Å². The first-order chi connectivity index (χ1) is 6.68. The van der Waals surface area contributed by atoms with Gasteiger partial charge in [0.2, 0.25) is 0 Å². The van der Waals surface area contributed by atoms with Gasteiger partial charge in [0.1, 0.15) is 5.82 Å². The molecule has 0 spiro atoms. The van der Waals surface area contributed by atoms with Crippen LogP contribution in [0.3, 0.4) is 0 Å². The number of hydrogen-bond donors (Lipinski definition) is 2. The maximum Gasteiger partial charge on any atom is 0.127 e. The molecule has 0 aromatic carbocycles. The highest BCUT2D eigenvalue weighted by molar-refractivity contribution is 5.39. The Bertz CT molecular complexity index is 317. The largest absolute Gasteiger partial charge is 0.388 e. The maximum atomic E-state index is 9.86. The van der Waals surface area contributed by atoms with Crippen LogP contribution in [0.1, 0.15) is 37.4 Å². The van der Waals surface area contributed by atoms with E-state index in [1.807, 2.05) is 0 Å². The molecule has 0 saturated heterocycles. The Morgan fingerprint density at radius 3 is 2.93 bits per heavy atom. The van der Waals surface area contributed by atoms with E-state index in [4.69, 9.17) is 5.73 Å². The van der Waals surface area contributed by atoms with Gasteiger partial charge in [0.25, 0.3) is 0 Å². The van der Waals surface area contributed by atoms with Crippen LogP contribution in [0.25, 0.3) is 0 Å². The number of aromatic nitrogens is 2. The average Bonchev–Trinajstić information content (AvgIpc) is 2.92. The third-order valence-electron chi connectivity index (χ3n) is 2.92. The molecule has 1 heterocycles. The minimum atomic E-state index is -0.440. The summed E-state index contributed by atoms with van der Waals surface area (Å²) >= 11 is 0. The van der Waals surface area contributed by atoms with E-state index in [2.05, 4.69) is 5.10 Å². The van der Waals surface area contributed by atoms with Crippen LogP contribution in [0, 0.1) is 5.92 Å². The molecule has 4 nitrogen and oxygen atoms in total. The van der Waals surface area contributed by atoms with Gasteiger partial charge in [-0.15, -0.1) is 0 Å². The molecule has 2 rings (SSSR count). The standard InChI is InChI=1S/C10H17N3O/c1-13-10(11)8(6-12-13)9(14)5-4-7-2-3-7/h6-7,9,14H,2-5,11H2,1H3. The summed E-state index contributed by atoms with van der Waals surface area (Å²) in [6.07, 6.45) is 5.79. The summed E-state index contributed by atoms with van der Waals surface area (Å²) in [5.41, 5.74) is 6.54. The van der Waals surface area contributed by atoms with Crippen LogP contribution in [0.2, 0.25) is 0 Å². The van der Waals surface area contributed by atoms with Gasteiger partial charge < -0.3 is 10.8 Å². The first-order valence-electron chi connectivity index (χ1n) is 5.14. The molecule has 14 heavy (non-hydrogen) atoms. The van der Waals surface area contributed by atoms with Crippen molar-refractivity contribution >= 4 is 5.82 Å². The molecule has 1 fully saturated rings. The van der Waals surface area contributed by atoms with Crippen LogP contribution in [0.5, 0.6) is 0 Å². The summed E-state index contributed by atoms with van der Waals surface area (Å²) in [7, 11) is 1.78. The molecule has 1 saturated carbocycles. The van der Waals surface area contributed by atoms with E-state index in [-0.39, 0.29) is 0 Å². The van der Waals surface area contributed by atoms with Crippen molar-refractivity contribution in [1.29, 1.82) is 0 Å². The molecule has 1 unspecified atom stereocenters. The Morgan fingerprint density at radius 2 is 2.43 bits per heavy atom. The van der Waals surface area contributed by atoms with Gasteiger partial charge in [0, 0.05) is 12.6 Å². The van der Waals surface area contributed by atoms with E-state index >= 15 is 0 Å². The quantitative estimate of drug-likeness (QED) is 0.759. The number of anilines is 1. The minimum absolute atomic E-state index is 0.440. The topological polar surface area (TPSA) is 64.1 Å². The van der Waals surface area contributed by atoms with Crippen molar-refractivity contribution in [2.24, 2.45) is 13.0 Å². The molecule has 0 radical (unpaired) electrons. The van der Waals surface area contributed by atoms with Crippen molar-refractivity contribution in [1.82, 2.24) is 9.78 Å². The molecule has 4 heteroatoms. The second-order valence-corrected chi connectivity index (χ2v) is 4.15. The molecule has 1 aliphatic carbocycles. The van der Waals surface area contributed by atoms with Crippen molar-refractivity contribution in [3.63, 3.8) is 0 Å². The lowest BCUT2D eigenvalue weighted by Crippen LogP contribution is -2.03. The Kier molecular flexibility index (Phi) is 2.46. The molecular weight excluding hydrogens is 178 g/mol. The molecule has 78 valence electrons. The zero-order chi connectivity index (χ0) is 10.1. The van der Waals surface area contributed by atoms with E-state index in [1.54, 1.807) is 17.9 Å². The van der Waals surface area contributed by atoms with Gasteiger partial charge in [-0.05, 0) is 18.8 Å². The Hall–Kier alpha value is -1.03. The third kappa shape index (κ3) is 1.90. The molecule has 1 atom stereocenters. The highest BCUT2D eigenvalue weighted by atomic mass is 16.3. The fourth-order valence-electron chi connectivity index (χ4n) is 1.68. The first kappa shape index (κ1) is 9.52. The summed E-state index contributed by atoms with van der Waals surface area (Å²) < 4.78 is 1.59. The summed E-state index contributed by atoms with van der Waals surface area (Å²) in [4.78, 5) is 0. The zero-order valence-electron chi connectivity index (χ0n) is 8.48. The molecule has 1 aliphatic rings. The monoisotopic (exact) mass is 195 g/mol. The summed E-state index contributed by atoms with van der Waals surface area (Å²) in [6.45, 7) is 0. The molecule has 0 amide bonds. The van der Waals surface area contributed by atoms with Crippen LogP contribution in [-0.2, 0) is 7.05 Å². The highest BCUT2D eigenvalue weighted by Gasteiger charge is 2.23. The van der Waals surface area contributed by atoms with Gasteiger partial charge in [0.05, 0.1) is 12.3 Å².